The number of rotatable bonds is 5. The first kappa shape index (κ1) is 23.1. The van der Waals surface area contributed by atoms with E-state index in [9.17, 15) is 9.59 Å². The van der Waals surface area contributed by atoms with Crippen LogP contribution in [-0.4, -0.2) is 59.2 Å². The van der Waals surface area contributed by atoms with Gasteiger partial charge in [-0.25, -0.2) is 0 Å². The minimum atomic E-state index is -0.326. The number of para-hydroxylation sites is 1. The van der Waals surface area contributed by atoms with Crippen molar-refractivity contribution in [2.45, 2.75) is 32.9 Å². The number of fused-ring (bicyclic) bond motifs is 1. The first-order valence-corrected chi connectivity index (χ1v) is 12.6. The third-order valence-electron chi connectivity index (χ3n) is 7.41. The van der Waals surface area contributed by atoms with Gasteiger partial charge in [-0.3, -0.25) is 18.8 Å². The van der Waals surface area contributed by atoms with Gasteiger partial charge in [0.1, 0.15) is 12.0 Å². The molecule has 0 bridgehead atoms. The SMILES string of the molecule is Cc1ccc(CN2CC(C(=O)N3CCc4c(c(-c5nncn5-c5ccccc5)nn4C)C3)CC2=O)cc1. The van der Waals surface area contributed by atoms with Crippen LogP contribution in [-0.2, 0) is 36.1 Å². The van der Waals surface area contributed by atoms with E-state index in [1.54, 1.807) is 11.2 Å². The molecular weight excluding hydrogens is 466 g/mol. The lowest BCUT2D eigenvalue weighted by Gasteiger charge is -2.29. The van der Waals surface area contributed by atoms with Crippen LogP contribution >= 0.6 is 0 Å². The molecule has 37 heavy (non-hydrogen) atoms. The summed E-state index contributed by atoms with van der Waals surface area (Å²) in [6.07, 6.45) is 2.65. The Morgan fingerprint density at radius 2 is 1.86 bits per heavy atom. The highest BCUT2D eigenvalue weighted by Gasteiger charge is 2.38. The highest BCUT2D eigenvalue weighted by molar-refractivity contribution is 5.89. The molecule has 0 saturated carbocycles. The summed E-state index contributed by atoms with van der Waals surface area (Å²) < 4.78 is 3.81. The van der Waals surface area contributed by atoms with Crippen LogP contribution in [0.5, 0.6) is 0 Å². The Morgan fingerprint density at radius 1 is 1.08 bits per heavy atom. The molecule has 6 rings (SSSR count). The fraction of sp³-hybridized carbons (Fsp3) is 0.321. The molecule has 1 atom stereocenters. The summed E-state index contributed by atoms with van der Waals surface area (Å²) in [5.74, 6) is 0.393. The molecule has 1 fully saturated rings. The molecule has 2 aromatic carbocycles. The Balaban J connectivity index is 1.21. The summed E-state index contributed by atoms with van der Waals surface area (Å²) in [4.78, 5) is 30.0. The maximum Gasteiger partial charge on any atom is 0.228 e. The summed E-state index contributed by atoms with van der Waals surface area (Å²) in [7, 11) is 1.93. The molecule has 4 aromatic rings. The van der Waals surface area contributed by atoms with Crippen molar-refractivity contribution in [3.63, 3.8) is 0 Å². The van der Waals surface area contributed by atoms with Crippen molar-refractivity contribution in [3.8, 4) is 17.2 Å². The second-order valence-electron chi connectivity index (χ2n) is 9.93. The first-order valence-electron chi connectivity index (χ1n) is 12.6. The fourth-order valence-electron chi connectivity index (χ4n) is 5.40. The van der Waals surface area contributed by atoms with Crippen LogP contribution in [0.1, 0.15) is 28.8 Å². The molecule has 0 N–H and O–H groups in total. The van der Waals surface area contributed by atoms with E-state index in [1.165, 1.54) is 5.56 Å². The minimum absolute atomic E-state index is 0.0322. The van der Waals surface area contributed by atoms with Gasteiger partial charge in [0.2, 0.25) is 11.8 Å². The molecule has 2 amide bonds. The van der Waals surface area contributed by atoms with Crippen molar-refractivity contribution in [3.05, 3.63) is 83.3 Å². The second-order valence-corrected chi connectivity index (χ2v) is 9.93. The predicted molar refractivity (Wildman–Crippen MR) is 137 cm³/mol. The van der Waals surface area contributed by atoms with E-state index in [-0.39, 0.29) is 24.2 Å². The highest BCUT2D eigenvalue weighted by atomic mass is 16.2. The van der Waals surface area contributed by atoms with E-state index in [4.69, 9.17) is 5.10 Å². The van der Waals surface area contributed by atoms with Crippen LogP contribution in [0.15, 0.2) is 60.9 Å². The van der Waals surface area contributed by atoms with Gasteiger partial charge in [-0.2, -0.15) is 5.10 Å². The topological polar surface area (TPSA) is 89.2 Å². The number of likely N-dealkylation sites (tertiary alicyclic amines) is 1. The number of aromatic nitrogens is 5. The van der Waals surface area contributed by atoms with Crippen molar-refractivity contribution < 1.29 is 9.59 Å². The van der Waals surface area contributed by atoms with E-state index in [0.29, 0.717) is 38.4 Å². The largest absolute Gasteiger partial charge is 0.338 e. The molecule has 9 heteroatoms. The van der Waals surface area contributed by atoms with Crippen LogP contribution in [0, 0.1) is 12.8 Å². The molecule has 2 aliphatic rings. The van der Waals surface area contributed by atoms with Gasteiger partial charge in [0.15, 0.2) is 5.82 Å². The molecule has 1 saturated heterocycles. The van der Waals surface area contributed by atoms with E-state index >= 15 is 0 Å². The van der Waals surface area contributed by atoms with E-state index in [1.807, 2.05) is 82.7 Å². The van der Waals surface area contributed by atoms with Crippen molar-refractivity contribution >= 4 is 11.8 Å². The van der Waals surface area contributed by atoms with Gasteiger partial charge in [-0.15, -0.1) is 10.2 Å². The lowest BCUT2D eigenvalue weighted by molar-refractivity contribution is -0.136. The molecule has 2 aromatic heterocycles. The van der Waals surface area contributed by atoms with E-state index < -0.39 is 0 Å². The molecule has 0 spiro atoms. The Bertz CT molecular complexity index is 1460. The number of aryl methyl sites for hydroxylation is 2. The zero-order chi connectivity index (χ0) is 25.5. The average molecular weight is 496 g/mol. The summed E-state index contributed by atoms with van der Waals surface area (Å²) in [6, 6.07) is 18.1. The van der Waals surface area contributed by atoms with Crippen molar-refractivity contribution in [2.24, 2.45) is 13.0 Å². The normalized spacial score (nSPS) is 17.4. The molecule has 188 valence electrons. The average Bonchev–Trinajstić information content (AvgIpc) is 3.63. The van der Waals surface area contributed by atoms with Crippen molar-refractivity contribution in [1.82, 2.24) is 34.3 Å². The summed E-state index contributed by atoms with van der Waals surface area (Å²) in [5.41, 5.74) is 6.05. The highest BCUT2D eigenvalue weighted by Crippen LogP contribution is 2.31. The number of benzene rings is 2. The van der Waals surface area contributed by atoms with Crippen LogP contribution in [0.3, 0.4) is 0 Å². The van der Waals surface area contributed by atoms with Gasteiger partial charge in [-0.05, 0) is 24.6 Å². The lowest BCUT2D eigenvalue weighted by atomic mass is 10.0. The van der Waals surface area contributed by atoms with Crippen LogP contribution < -0.4 is 0 Å². The molecule has 0 aliphatic carbocycles. The van der Waals surface area contributed by atoms with Crippen molar-refractivity contribution in [2.75, 3.05) is 13.1 Å². The lowest BCUT2D eigenvalue weighted by Crippen LogP contribution is -2.40. The Kier molecular flexibility index (Phi) is 5.82. The zero-order valence-electron chi connectivity index (χ0n) is 21.0. The Hall–Kier alpha value is -4.27. The smallest absolute Gasteiger partial charge is 0.228 e. The molecule has 9 nitrogen and oxygen atoms in total. The third kappa shape index (κ3) is 4.30. The summed E-state index contributed by atoms with van der Waals surface area (Å²) in [5, 5.41) is 13.3. The van der Waals surface area contributed by atoms with Gasteiger partial charge < -0.3 is 9.80 Å². The van der Waals surface area contributed by atoms with Crippen LogP contribution in [0.25, 0.3) is 17.2 Å². The number of hydrogen-bond acceptors (Lipinski definition) is 5. The fourth-order valence-corrected chi connectivity index (χ4v) is 5.40. The summed E-state index contributed by atoms with van der Waals surface area (Å²) >= 11 is 0. The quantitative estimate of drug-likeness (QED) is 0.425. The number of nitrogens with zero attached hydrogens (tertiary/aromatic N) is 7. The zero-order valence-corrected chi connectivity index (χ0v) is 21.0. The maximum absolute atomic E-state index is 13.6. The standard InChI is InChI=1S/C28H29N7O2/c1-19-8-10-20(11-9-19)15-34-16-21(14-25(34)36)28(37)33-13-12-24-23(17-33)26(31-32(24)2)27-30-29-18-35(27)22-6-4-3-5-7-22/h3-11,18,21H,12-17H2,1-2H3. The minimum Gasteiger partial charge on any atom is -0.338 e. The number of hydrogen-bond donors (Lipinski definition) is 0. The van der Waals surface area contributed by atoms with Gasteiger partial charge in [0.05, 0.1) is 5.92 Å². The number of amides is 2. The van der Waals surface area contributed by atoms with Crippen LogP contribution in [0.2, 0.25) is 0 Å². The van der Waals surface area contributed by atoms with E-state index in [2.05, 4.69) is 10.2 Å². The van der Waals surface area contributed by atoms with E-state index in [0.717, 1.165) is 28.2 Å². The number of carbonyl (C=O) groups excluding carboxylic acids is 2. The molecule has 0 radical (unpaired) electrons. The van der Waals surface area contributed by atoms with Gasteiger partial charge in [-0.1, -0.05) is 48.0 Å². The molecule has 1 unspecified atom stereocenters. The monoisotopic (exact) mass is 495 g/mol. The Morgan fingerprint density at radius 3 is 2.65 bits per heavy atom. The van der Waals surface area contributed by atoms with Gasteiger partial charge >= 0.3 is 0 Å². The molecule has 2 aliphatic heterocycles. The molecular formula is C28H29N7O2. The maximum atomic E-state index is 13.6. The Labute approximate surface area is 215 Å². The number of carbonyl (C=O) groups is 2. The molecule has 4 heterocycles. The third-order valence-corrected chi connectivity index (χ3v) is 7.41. The second kappa shape index (κ2) is 9.31. The van der Waals surface area contributed by atoms with Gasteiger partial charge in [0.25, 0.3) is 0 Å². The predicted octanol–water partition coefficient (Wildman–Crippen LogP) is 2.91. The van der Waals surface area contributed by atoms with Gasteiger partial charge in [0, 0.05) is 63.0 Å². The summed E-state index contributed by atoms with van der Waals surface area (Å²) in [6.45, 7) is 4.09. The van der Waals surface area contributed by atoms with Crippen molar-refractivity contribution in [1.29, 1.82) is 0 Å². The first-order chi connectivity index (χ1) is 18.0. The van der Waals surface area contributed by atoms with Crippen LogP contribution in [0.4, 0.5) is 0 Å².